The van der Waals surface area contributed by atoms with Gasteiger partial charge < -0.3 is 5.32 Å². The van der Waals surface area contributed by atoms with Gasteiger partial charge in [0.25, 0.3) is 0 Å². The number of Topliss-reactive ketones (excluding diaryl/α,β-unsaturated/α-hetero) is 1. The van der Waals surface area contributed by atoms with Crippen molar-refractivity contribution >= 4 is 29.1 Å². The second-order valence-electron chi connectivity index (χ2n) is 7.31. The number of rotatable bonds is 6. The largest absolute Gasteiger partial charge is 0.325 e. The molecule has 0 spiro atoms. The number of nitrogens with one attached hydrogen (secondary N) is 1. The quantitative estimate of drug-likeness (QED) is 0.652. The smallest absolute Gasteiger partial charge is 0.237 e. The second-order valence-corrected chi connectivity index (χ2v) is 8.64. The summed E-state index contributed by atoms with van der Waals surface area (Å²) >= 11 is 1.60. The van der Waals surface area contributed by atoms with Crippen LogP contribution in [0.15, 0.2) is 24.3 Å². The van der Waals surface area contributed by atoms with E-state index in [1.54, 1.807) is 18.7 Å². The Morgan fingerprint density at radius 3 is 2.26 bits per heavy atom. The lowest BCUT2D eigenvalue weighted by Crippen LogP contribution is -2.23. The van der Waals surface area contributed by atoms with Crippen LogP contribution in [0.4, 0.5) is 5.69 Å². The molecule has 4 heteroatoms. The summed E-state index contributed by atoms with van der Waals surface area (Å²) in [4.78, 5) is 24.6. The minimum absolute atomic E-state index is 0.00108. The number of hydrogen-bond acceptors (Lipinski definition) is 3. The van der Waals surface area contributed by atoms with E-state index in [0.717, 1.165) is 33.5 Å². The molecule has 1 atom stereocenters. The normalized spacial score (nSPS) is 12.0. The molecular formula is C23H29NO2S. The number of ketones is 1. The van der Waals surface area contributed by atoms with Gasteiger partial charge >= 0.3 is 0 Å². The van der Waals surface area contributed by atoms with Crippen molar-refractivity contribution in [1.29, 1.82) is 0 Å². The number of anilines is 1. The van der Waals surface area contributed by atoms with Crippen molar-refractivity contribution in [2.75, 3.05) is 5.32 Å². The molecular weight excluding hydrogens is 354 g/mol. The van der Waals surface area contributed by atoms with Gasteiger partial charge in [0, 0.05) is 17.0 Å². The topological polar surface area (TPSA) is 46.2 Å². The standard InChI is InChI=1S/C23H29NO2S/c1-13-8-9-21(15(3)10-13)24-23(26)19(7)27-12-20-14(2)11-16(4)22(17(20)5)18(6)25/h8-11,19H,12H2,1-7H3,(H,24,26). The van der Waals surface area contributed by atoms with Gasteiger partial charge in [-0.1, -0.05) is 23.8 Å². The van der Waals surface area contributed by atoms with Crippen molar-refractivity contribution < 1.29 is 9.59 Å². The van der Waals surface area contributed by atoms with E-state index >= 15 is 0 Å². The van der Waals surface area contributed by atoms with Crippen LogP contribution in [0, 0.1) is 34.6 Å². The first-order chi connectivity index (χ1) is 12.6. The first-order valence-corrected chi connectivity index (χ1v) is 10.3. The lowest BCUT2D eigenvalue weighted by molar-refractivity contribution is -0.115. The number of carbonyl (C=O) groups is 2. The van der Waals surface area contributed by atoms with Crippen LogP contribution in [0.5, 0.6) is 0 Å². The summed E-state index contributed by atoms with van der Waals surface area (Å²) in [5.41, 5.74) is 8.30. The fourth-order valence-corrected chi connectivity index (χ4v) is 4.53. The zero-order valence-corrected chi connectivity index (χ0v) is 18.1. The van der Waals surface area contributed by atoms with E-state index in [1.165, 1.54) is 11.1 Å². The molecule has 0 aliphatic rings. The minimum Gasteiger partial charge on any atom is -0.325 e. The zero-order valence-electron chi connectivity index (χ0n) is 17.3. The van der Waals surface area contributed by atoms with E-state index < -0.39 is 0 Å². The van der Waals surface area contributed by atoms with Gasteiger partial charge in [-0.15, -0.1) is 11.8 Å². The highest BCUT2D eigenvalue weighted by molar-refractivity contribution is 7.99. The second kappa shape index (κ2) is 8.75. The molecule has 3 nitrogen and oxygen atoms in total. The Balaban J connectivity index is 2.11. The van der Waals surface area contributed by atoms with Crippen molar-refractivity contribution in [2.24, 2.45) is 0 Å². The first kappa shape index (κ1) is 21.2. The Morgan fingerprint density at radius 2 is 1.67 bits per heavy atom. The van der Waals surface area contributed by atoms with Crippen LogP contribution in [0.25, 0.3) is 0 Å². The number of thioether (sulfide) groups is 1. The molecule has 144 valence electrons. The summed E-state index contributed by atoms with van der Waals surface area (Å²) in [6.45, 7) is 13.6. The van der Waals surface area contributed by atoms with Gasteiger partial charge in [0.1, 0.15) is 0 Å². The predicted octanol–water partition coefficient (Wildman–Crippen LogP) is 5.69. The molecule has 0 heterocycles. The highest BCUT2D eigenvalue weighted by atomic mass is 32.2. The molecule has 1 amide bonds. The summed E-state index contributed by atoms with van der Waals surface area (Å²) in [5, 5.41) is 2.84. The van der Waals surface area contributed by atoms with Crippen molar-refractivity contribution in [2.45, 2.75) is 59.5 Å². The molecule has 0 radical (unpaired) electrons. The van der Waals surface area contributed by atoms with E-state index in [1.807, 2.05) is 46.8 Å². The third-order valence-electron chi connectivity index (χ3n) is 4.97. The van der Waals surface area contributed by atoms with Crippen molar-refractivity contribution in [3.8, 4) is 0 Å². The predicted molar refractivity (Wildman–Crippen MR) is 116 cm³/mol. The molecule has 1 unspecified atom stereocenters. The van der Waals surface area contributed by atoms with E-state index in [2.05, 4.69) is 24.4 Å². The van der Waals surface area contributed by atoms with Gasteiger partial charge in [0.15, 0.2) is 5.78 Å². The highest BCUT2D eigenvalue weighted by Crippen LogP contribution is 2.28. The summed E-state index contributed by atoms with van der Waals surface area (Å²) in [6.07, 6.45) is 0. The molecule has 2 rings (SSSR count). The molecule has 0 aliphatic carbocycles. The number of benzene rings is 2. The number of carbonyl (C=O) groups excluding carboxylic acids is 2. The Morgan fingerprint density at radius 1 is 1.00 bits per heavy atom. The summed E-state index contributed by atoms with van der Waals surface area (Å²) < 4.78 is 0. The maximum absolute atomic E-state index is 12.6. The Bertz CT molecular complexity index is 886. The lowest BCUT2D eigenvalue weighted by Gasteiger charge is -2.18. The first-order valence-electron chi connectivity index (χ1n) is 9.22. The van der Waals surface area contributed by atoms with Crippen LogP contribution in [0.1, 0.15) is 57.6 Å². The fraction of sp³-hybridized carbons (Fsp3) is 0.391. The van der Waals surface area contributed by atoms with Crippen LogP contribution in [-0.2, 0) is 10.5 Å². The SMILES string of the molecule is CC(=O)c1c(C)cc(C)c(CSC(C)C(=O)Nc2ccc(C)cc2C)c1C. The van der Waals surface area contributed by atoms with Crippen LogP contribution in [-0.4, -0.2) is 16.9 Å². The Labute approximate surface area is 166 Å². The Kier molecular flexibility index (Phi) is 6.88. The Hall–Kier alpha value is -2.07. The summed E-state index contributed by atoms with van der Waals surface area (Å²) in [6, 6.07) is 8.09. The highest BCUT2D eigenvalue weighted by Gasteiger charge is 2.18. The molecule has 27 heavy (non-hydrogen) atoms. The monoisotopic (exact) mass is 383 g/mol. The van der Waals surface area contributed by atoms with Gasteiger partial charge in [-0.05, 0) is 82.3 Å². The van der Waals surface area contributed by atoms with E-state index in [-0.39, 0.29) is 16.9 Å². The van der Waals surface area contributed by atoms with E-state index in [0.29, 0.717) is 5.75 Å². The molecule has 0 aromatic heterocycles. The van der Waals surface area contributed by atoms with Gasteiger partial charge in [-0.3, -0.25) is 9.59 Å². The molecule has 0 saturated heterocycles. The molecule has 0 bridgehead atoms. The maximum Gasteiger partial charge on any atom is 0.237 e. The van der Waals surface area contributed by atoms with Crippen LogP contribution in [0.2, 0.25) is 0 Å². The molecule has 0 aliphatic heterocycles. The number of aryl methyl sites for hydroxylation is 4. The summed E-state index contributed by atoms with van der Waals surface area (Å²) in [5.74, 6) is 0.803. The third kappa shape index (κ3) is 5.01. The third-order valence-corrected chi connectivity index (χ3v) is 6.14. The van der Waals surface area contributed by atoms with Crippen LogP contribution >= 0.6 is 11.8 Å². The number of amides is 1. The van der Waals surface area contributed by atoms with Gasteiger partial charge in [0.2, 0.25) is 5.91 Å². The average molecular weight is 384 g/mol. The minimum atomic E-state index is -0.188. The molecule has 0 saturated carbocycles. The molecule has 2 aromatic carbocycles. The number of hydrogen-bond donors (Lipinski definition) is 1. The van der Waals surface area contributed by atoms with E-state index in [4.69, 9.17) is 0 Å². The van der Waals surface area contributed by atoms with Crippen molar-refractivity contribution in [3.63, 3.8) is 0 Å². The molecule has 0 fully saturated rings. The van der Waals surface area contributed by atoms with Gasteiger partial charge in [0.05, 0.1) is 5.25 Å². The van der Waals surface area contributed by atoms with Gasteiger partial charge in [-0.2, -0.15) is 0 Å². The fourth-order valence-electron chi connectivity index (χ4n) is 3.46. The molecule has 1 N–H and O–H groups in total. The van der Waals surface area contributed by atoms with Crippen molar-refractivity contribution in [1.82, 2.24) is 0 Å². The molecule has 2 aromatic rings. The van der Waals surface area contributed by atoms with E-state index in [9.17, 15) is 9.59 Å². The zero-order chi connectivity index (χ0) is 20.3. The van der Waals surface area contributed by atoms with Crippen molar-refractivity contribution in [3.05, 3.63) is 63.2 Å². The lowest BCUT2D eigenvalue weighted by atomic mass is 9.92. The average Bonchev–Trinajstić information content (AvgIpc) is 2.56. The summed E-state index contributed by atoms with van der Waals surface area (Å²) in [7, 11) is 0. The van der Waals surface area contributed by atoms with Crippen LogP contribution in [0.3, 0.4) is 0 Å². The maximum atomic E-state index is 12.6. The van der Waals surface area contributed by atoms with Crippen LogP contribution < -0.4 is 5.32 Å². The van der Waals surface area contributed by atoms with Gasteiger partial charge in [-0.25, -0.2) is 0 Å².